The maximum absolute atomic E-state index is 13.8. The van der Waals surface area contributed by atoms with E-state index >= 15 is 0 Å². The maximum Gasteiger partial charge on any atom is 0.391 e. The van der Waals surface area contributed by atoms with Gasteiger partial charge in [0.1, 0.15) is 5.82 Å². The van der Waals surface area contributed by atoms with E-state index in [-0.39, 0.29) is 5.56 Å². The van der Waals surface area contributed by atoms with E-state index < -0.39 is 22.4 Å². The number of ether oxygens (including phenoxy) is 1. The highest BCUT2D eigenvalue weighted by molar-refractivity contribution is 9.09. The smallest absolute Gasteiger partial charge is 0.295 e. The Kier molecular flexibility index (Phi) is 3.10. The van der Waals surface area contributed by atoms with Crippen LogP contribution in [-0.2, 0) is 10.3 Å². The summed E-state index contributed by atoms with van der Waals surface area (Å²) < 4.78 is 45.3. The zero-order chi connectivity index (χ0) is 14.4. The molecule has 0 saturated carbocycles. The Morgan fingerprint density at radius 1 is 1.15 bits per heavy atom. The topological polar surface area (TPSA) is 25.4 Å². The summed E-state index contributed by atoms with van der Waals surface area (Å²) >= 11 is 3.26. The number of hydrogen-bond donors (Lipinski definition) is 0. The van der Waals surface area contributed by atoms with Crippen molar-refractivity contribution in [2.45, 2.75) is 16.5 Å². The lowest BCUT2D eigenvalue weighted by Crippen LogP contribution is -2.22. The first-order chi connectivity index (χ1) is 9.47. The minimum absolute atomic E-state index is 0.217. The van der Waals surface area contributed by atoms with Gasteiger partial charge in [-0.1, -0.05) is 34.1 Å². The Hall–Kier alpha value is -1.40. The molecule has 1 aromatic carbocycles. The quantitative estimate of drug-likeness (QED) is 0.617. The lowest BCUT2D eigenvalue weighted by Gasteiger charge is -2.18. The van der Waals surface area contributed by atoms with Crippen molar-refractivity contribution in [2.75, 3.05) is 0 Å². The molecular formula is C14H9BrF3NO. The van der Waals surface area contributed by atoms with Crippen molar-refractivity contribution in [1.82, 2.24) is 4.98 Å². The van der Waals surface area contributed by atoms with E-state index in [4.69, 9.17) is 4.74 Å². The SMILES string of the molecule is Fc1ccc(C2(C(Br)c3cccnc3)OC2(F)F)cc1. The summed E-state index contributed by atoms with van der Waals surface area (Å²) in [5.74, 6) is -0.486. The van der Waals surface area contributed by atoms with Gasteiger partial charge in [-0.15, -0.1) is 0 Å². The molecule has 3 rings (SSSR count). The van der Waals surface area contributed by atoms with Crippen molar-refractivity contribution < 1.29 is 17.9 Å². The van der Waals surface area contributed by atoms with E-state index in [1.807, 2.05) is 0 Å². The average Bonchev–Trinajstić information content (AvgIpc) is 3.04. The van der Waals surface area contributed by atoms with E-state index in [1.54, 1.807) is 18.3 Å². The van der Waals surface area contributed by atoms with Crippen LogP contribution < -0.4 is 0 Å². The summed E-state index contributed by atoms with van der Waals surface area (Å²) in [7, 11) is 0. The van der Waals surface area contributed by atoms with Crippen molar-refractivity contribution in [3.63, 3.8) is 0 Å². The number of hydrogen-bond acceptors (Lipinski definition) is 2. The number of benzene rings is 1. The van der Waals surface area contributed by atoms with Gasteiger partial charge in [0.2, 0.25) is 5.60 Å². The van der Waals surface area contributed by atoms with E-state index in [0.717, 1.165) is 12.1 Å². The van der Waals surface area contributed by atoms with Crippen LogP contribution >= 0.6 is 15.9 Å². The molecule has 1 aromatic heterocycles. The molecule has 2 nitrogen and oxygen atoms in total. The average molecular weight is 344 g/mol. The van der Waals surface area contributed by atoms with Gasteiger partial charge in [0.25, 0.3) is 0 Å². The Bertz CT molecular complexity index is 620. The molecule has 1 saturated heterocycles. The van der Waals surface area contributed by atoms with Crippen LogP contribution in [0.1, 0.15) is 16.0 Å². The Morgan fingerprint density at radius 3 is 2.30 bits per heavy atom. The van der Waals surface area contributed by atoms with Crippen LogP contribution in [0.2, 0.25) is 0 Å². The first kappa shape index (κ1) is 13.6. The third-order valence-electron chi connectivity index (χ3n) is 3.29. The lowest BCUT2D eigenvalue weighted by atomic mass is 9.91. The molecule has 1 fully saturated rings. The summed E-state index contributed by atoms with van der Waals surface area (Å²) in [5, 5.41) is 0. The minimum atomic E-state index is -3.31. The molecule has 0 bridgehead atoms. The monoisotopic (exact) mass is 343 g/mol. The standard InChI is InChI=1S/C14H9BrF3NO/c15-12(9-2-1-7-19-8-9)13(14(17,18)20-13)10-3-5-11(16)6-4-10/h1-8,12H. The van der Waals surface area contributed by atoms with Crippen LogP contribution in [-0.4, -0.2) is 11.1 Å². The van der Waals surface area contributed by atoms with Gasteiger partial charge >= 0.3 is 6.11 Å². The van der Waals surface area contributed by atoms with Crippen LogP contribution in [0.15, 0.2) is 48.8 Å². The second-order valence-corrected chi connectivity index (χ2v) is 5.43. The third-order valence-corrected chi connectivity index (χ3v) is 4.46. The second kappa shape index (κ2) is 4.56. The molecule has 1 aliphatic heterocycles. The largest absolute Gasteiger partial charge is 0.391 e. The number of aromatic nitrogens is 1. The summed E-state index contributed by atoms with van der Waals surface area (Å²) in [4.78, 5) is 3.12. The van der Waals surface area contributed by atoms with E-state index in [0.29, 0.717) is 5.56 Å². The van der Waals surface area contributed by atoms with Crippen molar-refractivity contribution in [3.8, 4) is 0 Å². The first-order valence-electron chi connectivity index (χ1n) is 5.85. The summed E-state index contributed by atoms with van der Waals surface area (Å²) in [6.45, 7) is 0. The molecule has 0 spiro atoms. The summed E-state index contributed by atoms with van der Waals surface area (Å²) in [6, 6.07) is 8.22. The number of alkyl halides is 3. The normalized spacial score (nSPS) is 25.2. The lowest BCUT2D eigenvalue weighted by molar-refractivity contribution is 0.000597. The molecule has 6 heteroatoms. The van der Waals surface area contributed by atoms with Gasteiger partial charge in [0.05, 0.1) is 4.83 Å². The van der Waals surface area contributed by atoms with Crippen molar-refractivity contribution in [1.29, 1.82) is 0 Å². The summed E-state index contributed by atoms with van der Waals surface area (Å²) in [6.07, 6.45) is -0.267. The van der Waals surface area contributed by atoms with Gasteiger partial charge in [-0.2, -0.15) is 8.78 Å². The van der Waals surface area contributed by atoms with Crippen LogP contribution in [0.25, 0.3) is 0 Å². The number of nitrogens with zero attached hydrogens (tertiary/aromatic N) is 1. The van der Waals surface area contributed by atoms with Crippen molar-refractivity contribution in [2.24, 2.45) is 0 Å². The van der Waals surface area contributed by atoms with Gasteiger partial charge in [-0.3, -0.25) is 9.72 Å². The number of pyridine rings is 1. The molecule has 1 aliphatic rings. The van der Waals surface area contributed by atoms with Gasteiger partial charge in [0.15, 0.2) is 0 Å². The molecule has 2 aromatic rings. The predicted octanol–water partition coefficient (Wildman–Crippen LogP) is 4.18. The van der Waals surface area contributed by atoms with Gasteiger partial charge in [-0.25, -0.2) is 4.39 Å². The molecule has 2 atom stereocenters. The molecule has 0 amide bonds. The first-order valence-corrected chi connectivity index (χ1v) is 6.77. The Labute approximate surface area is 121 Å². The number of halogens is 4. The fourth-order valence-corrected chi connectivity index (χ4v) is 3.10. The van der Waals surface area contributed by atoms with Crippen molar-refractivity contribution in [3.05, 3.63) is 65.7 Å². The third kappa shape index (κ3) is 1.94. The maximum atomic E-state index is 13.8. The number of rotatable bonds is 3. The van der Waals surface area contributed by atoms with Gasteiger partial charge in [0, 0.05) is 12.4 Å². The van der Waals surface area contributed by atoms with Crippen LogP contribution in [0, 0.1) is 5.82 Å². The van der Waals surface area contributed by atoms with Crippen LogP contribution in [0.5, 0.6) is 0 Å². The fourth-order valence-electron chi connectivity index (χ4n) is 2.21. The fraction of sp³-hybridized carbons (Fsp3) is 0.214. The van der Waals surface area contributed by atoms with Gasteiger partial charge < -0.3 is 0 Å². The molecule has 0 radical (unpaired) electrons. The van der Waals surface area contributed by atoms with Crippen molar-refractivity contribution >= 4 is 15.9 Å². The highest BCUT2D eigenvalue weighted by atomic mass is 79.9. The molecule has 104 valence electrons. The molecule has 2 unspecified atom stereocenters. The zero-order valence-electron chi connectivity index (χ0n) is 10.1. The Morgan fingerprint density at radius 2 is 1.80 bits per heavy atom. The number of epoxide rings is 1. The minimum Gasteiger partial charge on any atom is -0.295 e. The molecule has 0 aliphatic carbocycles. The molecule has 0 N–H and O–H groups in total. The van der Waals surface area contributed by atoms with E-state index in [2.05, 4.69) is 20.9 Å². The van der Waals surface area contributed by atoms with Crippen LogP contribution in [0.3, 0.4) is 0 Å². The van der Waals surface area contributed by atoms with E-state index in [1.165, 1.54) is 18.3 Å². The predicted molar refractivity (Wildman–Crippen MR) is 70.0 cm³/mol. The zero-order valence-corrected chi connectivity index (χ0v) is 11.6. The highest BCUT2D eigenvalue weighted by Crippen LogP contribution is 2.66. The second-order valence-electron chi connectivity index (χ2n) is 4.51. The van der Waals surface area contributed by atoms with E-state index in [9.17, 15) is 13.2 Å². The molecular weight excluding hydrogens is 335 g/mol. The Balaban J connectivity index is 2.04. The molecule has 20 heavy (non-hydrogen) atoms. The van der Waals surface area contributed by atoms with Gasteiger partial charge in [-0.05, 0) is 29.3 Å². The highest BCUT2D eigenvalue weighted by Gasteiger charge is 2.78. The molecule has 2 heterocycles. The van der Waals surface area contributed by atoms with Crippen LogP contribution in [0.4, 0.5) is 13.2 Å². The summed E-state index contributed by atoms with van der Waals surface area (Å²) in [5.41, 5.74) is -1.05.